The van der Waals surface area contributed by atoms with Crippen molar-refractivity contribution in [1.82, 2.24) is 15.0 Å². The van der Waals surface area contributed by atoms with Crippen molar-refractivity contribution in [3.8, 4) is 11.9 Å². The second-order valence-electron chi connectivity index (χ2n) is 7.10. The first kappa shape index (κ1) is 20.6. The molecule has 2 aliphatic rings. The number of ether oxygens (including phenoxy) is 2. The van der Waals surface area contributed by atoms with Gasteiger partial charge in [-0.3, -0.25) is 15.0 Å². The molecule has 0 bridgehead atoms. The zero-order valence-corrected chi connectivity index (χ0v) is 16.6. The Balaban J connectivity index is 1.56. The van der Waals surface area contributed by atoms with Crippen LogP contribution in [0.15, 0.2) is 12.3 Å². The van der Waals surface area contributed by atoms with Crippen molar-refractivity contribution < 1.29 is 24.2 Å². The predicted molar refractivity (Wildman–Crippen MR) is 107 cm³/mol. The number of carbonyl (C=O) groups excluding carboxylic acids is 2. The minimum atomic E-state index is -0.526. The summed E-state index contributed by atoms with van der Waals surface area (Å²) in [5.41, 5.74) is 1.43. The summed E-state index contributed by atoms with van der Waals surface area (Å²) in [6.07, 6.45) is 3.67. The normalized spacial score (nSPS) is 17.5. The molecule has 2 N–H and O–H groups in total. The van der Waals surface area contributed by atoms with Gasteiger partial charge in [-0.15, -0.1) is 0 Å². The lowest BCUT2D eigenvalue weighted by Gasteiger charge is -2.28. The molecule has 0 radical (unpaired) electrons. The van der Waals surface area contributed by atoms with E-state index in [1.165, 1.54) is 11.1 Å². The molecular formula is C20H20N6O5. The molecule has 4 heterocycles. The van der Waals surface area contributed by atoms with Crippen LogP contribution >= 0.6 is 0 Å². The van der Waals surface area contributed by atoms with E-state index in [2.05, 4.69) is 20.3 Å². The van der Waals surface area contributed by atoms with Crippen molar-refractivity contribution in [2.75, 3.05) is 30.0 Å². The number of aryl methyl sites for hydroxylation is 1. The molecule has 31 heavy (non-hydrogen) atoms. The van der Waals surface area contributed by atoms with Crippen molar-refractivity contribution in [3.05, 3.63) is 34.6 Å². The number of rotatable bonds is 5. The first-order chi connectivity index (χ1) is 15.1. The third-order valence-electron chi connectivity index (χ3n) is 5.06. The zero-order valence-electron chi connectivity index (χ0n) is 16.6. The molecule has 0 unspecified atom stereocenters. The highest BCUT2D eigenvalue weighted by Crippen LogP contribution is 2.28. The molecule has 2 aromatic rings. The molecule has 2 aromatic heterocycles. The molecule has 4 rings (SSSR count). The van der Waals surface area contributed by atoms with Crippen LogP contribution in [0.5, 0.6) is 5.88 Å². The summed E-state index contributed by atoms with van der Waals surface area (Å²) >= 11 is 0. The SMILES string of the molecule is N#Cc1cnc(NC(=O)N2CCCc3cc(CO)c(C=O)nc32)nc1O[C@@H]1CCOC1. The molecule has 0 aliphatic carbocycles. The van der Waals surface area contributed by atoms with E-state index in [-0.39, 0.29) is 35.8 Å². The predicted octanol–water partition coefficient (Wildman–Crippen LogP) is 1.20. The topological polar surface area (TPSA) is 151 Å². The van der Waals surface area contributed by atoms with Crippen LogP contribution in [-0.2, 0) is 17.8 Å². The van der Waals surface area contributed by atoms with Crippen LogP contribution in [0.2, 0.25) is 0 Å². The zero-order chi connectivity index (χ0) is 21.8. The van der Waals surface area contributed by atoms with Crippen molar-refractivity contribution in [2.45, 2.75) is 32.0 Å². The van der Waals surface area contributed by atoms with Gasteiger partial charge < -0.3 is 14.6 Å². The Morgan fingerprint density at radius 1 is 1.48 bits per heavy atom. The minimum absolute atomic E-state index is 0.0207. The highest BCUT2D eigenvalue weighted by atomic mass is 16.5. The van der Waals surface area contributed by atoms with Gasteiger partial charge in [0.15, 0.2) is 6.29 Å². The van der Waals surface area contributed by atoms with E-state index >= 15 is 0 Å². The first-order valence-electron chi connectivity index (χ1n) is 9.81. The molecule has 1 saturated heterocycles. The van der Waals surface area contributed by atoms with Crippen LogP contribution in [0, 0.1) is 11.3 Å². The van der Waals surface area contributed by atoms with Gasteiger partial charge in [0, 0.05) is 18.5 Å². The fourth-order valence-electron chi connectivity index (χ4n) is 3.50. The van der Waals surface area contributed by atoms with E-state index in [0.29, 0.717) is 56.7 Å². The van der Waals surface area contributed by atoms with Crippen LogP contribution < -0.4 is 15.0 Å². The number of anilines is 2. The number of nitriles is 1. The molecule has 0 saturated carbocycles. The van der Waals surface area contributed by atoms with Gasteiger partial charge >= 0.3 is 6.03 Å². The molecule has 1 fully saturated rings. The third-order valence-corrected chi connectivity index (χ3v) is 5.06. The van der Waals surface area contributed by atoms with Gasteiger partial charge in [0.1, 0.15) is 29.2 Å². The minimum Gasteiger partial charge on any atom is -0.471 e. The number of aromatic nitrogens is 3. The number of carbonyl (C=O) groups is 2. The van der Waals surface area contributed by atoms with E-state index < -0.39 is 6.03 Å². The largest absolute Gasteiger partial charge is 0.471 e. The first-order valence-corrected chi connectivity index (χ1v) is 9.81. The van der Waals surface area contributed by atoms with Crippen LogP contribution in [0.4, 0.5) is 16.6 Å². The maximum atomic E-state index is 12.9. The summed E-state index contributed by atoms with van der Waals surface area (Å²) in [5.74, 6) is 0.417. The molecule has 11 heteroatoms. The van der Waals surface area contributed by atoms with Gasteiger partial charge in [0.25, 0.3) is 0 Å². The van der Waals surface area contributed by atoms with Gasteiger partial charge in [0.05, 0.1) is 26.0 Å². The van der Waals surface area contributed by atoms with Crippen molar-refractivity contribution >= 4 is 24.1 Å². The fraction of sp³-hybridized carbons (Fsp3) is 0.400. The highest BCUT2D eigenvalue weighted by Gasteiger charge is 2.27. The second-order valence-corrected chi connectivity index (χ2v) is 7.10. The third kappa shape index (κ3) is 4.30. The van der Waals surface area contributed by atoms with Gasteiger partial charge in [0.2, 0.25) is 11.8 Å². The number of pyridine rings is 1. The molecule has 160 valence electrons. The number of aldehydes is 1. The van der Waals surface area contributed by atoms with E-state index in [1.54, 1.807) is 6.07 Å². The Labute approximate surface area is 177 Å². The number of fused-ring (bicyclic) bond motifs is 1. The molecular weight excluding hydrogens is 404 g/mol. The molecule has 0 spiro atoms. The molecule has 2 aliphatic heterocycles. The molecule has 2 amide bonds. The summed E-state index contributed by atoms with van der Waals surface area (Å²) in [5, 5.41) is 21.3. The van der Waals surface area contributed by atoms with E-state index in [1.807, 2.05) is 6.07 Å². The molecule has 0 aromatic carbocycles. The van der Waals surface area contributed by atoms with Gasteiger partial charge in [-0.2, -0.15) is 10.2 Å². The number of amides is 2. The lowest BCUT2D eigenvalue weighted by molar-refractivity contribution is 0.111. The Kier molecular flexibility index (Phi) is 6.01. The Morgan fingerprint density at radius 3 is 3.06 bits per heavy atom. The quantitative estimate of drug-likeness (QED) is 0.675. The Bertz CT molecular complexity index is 1050. The summed E-state index contributed by atoms with van der Waals surface area (Å²) in [6.45, 7) is 1.06. The highest BCUT2D eigenvalue weighted by molar-refractivity contribution is 6.01. The number of urea groups is 1. The van der Waals surface area contributed by atoms with Crippen molar-refractivity contribution in [3.63, 3.8) is 0 Å². The lowest BCUT2D eigenvalue weighted by atomic mass is 10.0. The maximum Gasteiger partial charge on any atom is 0.329 e. The number of aliphatic hydroxyl groups is 1. The number of hydrogen-bond donors (Lipinski definition) is 2. The summed E-state index contributed by atoms with van der Waals surface area (Å²) in [4.78, 5) is 38.1. The van der Waals surface area contributed by atoms with Gasteiger partial charge in [-0.05, 0) is 24.5 Å². The Hall–Kier alpha value is -3.62. The number of nitrogens with zero attached hydrogens (tertiary/aromatic N) is 5. The number of nitrogens with one attached hydrogen (secondary N) is 1. The van der Waals surface area contributed by atoms with Crippen molar-refractivity contribution in [1.29, 1.82) is 5.26 Å². The smallest absolute Gasteiger partial charge is 0.329 e. The van der Waals surface area contributed by atoms with E-state index in [0.717, 1.165) is 5.56 Å². The average Bonchev–Trinajstić information content (AvgIpc) is 3.31. The average molecular weight is 424 g/mol. The van der Waals surface area contributed by atoms with Crippen LogP contribution in [0.3, 0.4) is 0 Å². The van der Waals surface area contributed by atoms with Crippen LogP contribution in [-0.4, -0.2) is 58.2 Å². The number of hydrogen-bond acceptors (Lipinski definition) is 9. The van der Waals surface area contributed by atoms with E-state index in [9.17, 15) is 20.0 Å². The summed E-state index contributed by atoms with van der Waals surface area (Å²) in [6, 6.07) is 3.14. The monoisotopic (exact) mass is 424 g/mol. The van der Waals surface area contributed by atoms with Crippen LogP contribution in [0.1, 0.15) is 40.0 Å². The molecule has 11 nitrogen and oxygen atoms in total. The standard InChI is InChI=1S/C20H20N6O5/c21-7-14-8-22-19(24-18(14)31-15-3-5-30-11-15)25-20(29)26-4-1-2-12-6-13(9-27)16(10-28)23-17(12)26/h6,8,10,15,27H,1-5,9,11H2,(H,22,24,25,29)/t15-/m1/s1. The number of aliphatic hydroxyl groups excluding tert-OH is 1. The molecule has 1 atom stereocenters. The van der Waals surface area contributed by atoms with Crippen LogP contribution in [0.25, 0.3) is 0 Å². The van der Waals surface area contributed by atoms with Gasteiger partial charge in [-0.1, -0.05) is 0 Å². The lowest BCUT2D eigenvalue weighted by Crippen LogP contribution is -2.40. The summed E-state index contributed by atoms with van der Waals surface area (Å²) < 4.78 is 11.0. The fourth-order valence-corrected chi connectivity index (χ4v) is 3.50. The second kappa shape index (κ2) is 9.03. The van der Waals surface area contributed by atoms with Crippen molar-refractivity contribution in [2.24, 2.45) is 0 Å². The van der Waals surface area contributed by atoms with Gasteiger partial charge in [-0.25, -0.2) is 14.8 Å². The summed E-state index contributed by atoms with van der Waals surface area (Å²) in [7, 11) is 0. The Morgan fingerprint density at radius 2 is 2.35 bits per heavy atom. The van der Waals surface area contributed by atoms with E-state index in [4.69, 9.17) is 9.47 Å². The maximum absolute atomic E-state index is 12.9.